The number of rotatable bonds is 7. The lowest BCUT2D eigenvalue weighted by Gasteiger charge is -2.11. The van der Waals surface area contributed by atoms with E-state index in [9.17, 15) is 18.0 Å². The molecule has 2 rings (SSSR count). The average Bonchev–Trinajstić information content (AvgIpc) is 3.00. The fraction of sp³-hybridized carbons (Fsp3) is 0.200. The molecule has 2 N–H and O–H groups in total. The number of hydrogen-bond acceptors (Lipinski definition) is 6. The van der Waals surface area contributed by atoms with Crippen molar-refractivity contribution < 1.29 is 22.7 Å². The van der Waals surface area contributed by atoms with E-state index in [4.69, 9.17) is 4.74 Å². The number of hydrogen-bond donors (Lipinski definition) is 2. The summed E-state index contributed by atoms with van der Waals surface area (Å²) in [6.07, 6.45) is 0. The van der Waals surface area contributed by atoms with Crippen molar-refractivity contribution in [2.45, 2.75) is 11.1 Å². The predicted molar refractivity (Wildman–Crippen MR) is 98.2 cm³/mol. The molecule has 0 aliphatic rings. The van der Waals surface area contributed by atoms with Gasteiger partial charge in [0.25, 0.3) is 15.9 Å². The molecule has 1 amide bonds. The second-order valence-corrected chi connectivity index (χ2v) is 9.11. The van der Waals surface area contributed by atoms with E-state index < -0.39 is 28.5 Å². The fourth-order valence-corrected chi connectivity index (χ4v) is 4.93. The smallest absolute Gasteiger partial charge is 0.340 e. The minimum Gasteiger partial charge on any atom is -0.452 e. The number of nitrogens with one attached hydrogen (secondary N) is 2. The number of esters is 1. The van der Waals surface area contributed by atoms with Gasteiger partial charge < -0.3 is 10.1 Å². The van der Waals surface area contributed by atoms with Crippen LogP contribution < -0.4 is 10.0 Å². The van der Waals surface area contributed by atoms with Gasteiger partial charge >= 0.3 is 5.97 Å². The van der Waals surface area contributed by atoms with E-state index in [1.165, 1.54) is 18.2 Å². The lowest BCUT2D eigenvalue weighted by atomic mass is 10.2. The summed E-state index contributed by atoms with van der Waals surface area (Å²) in [5, 5.41) is 2.50. The van der Waals surface area contributed by atoms with Crippen LogP contribution in [-0.4, -0.2) is 33.4 Å². The Hall–Kier alpha value is -1.91. The van der Waals surface area contributed by atoms with Crippen LogP contribution in [0.25, 0.3) is 0 Å². The summed E-state index contributed by atoms with van der Waals surface area (Å²) in [7, 11) is -3.84. The van der Waals surface area contributed by atoms with Crippen molar-refractivity contribution in [2.75, 3.05) is 17.9 Å². The van der Waals surface area contributed by atoms with E-state index in [1.54, 1.807) is 25.1 Å². The second-order valence-electron chi connectivity index (χ2n) is 4.74. The van der Waals surface area contributed by atoms with Crippen molar-refractivity contribution in [3.63, 3.8) is 0 Å². The first-order valence-corrected chi connectivity index (χ1v) is 10.2. The van der Waals surface area contributed by atoms with Crippen LogP contribution in [0, 0.1) is 0 Å². The summed E-state index contributed by atoms with van der Waals surface area (Å²) >= 11 is 4.25. The lowest BCUT2D eigenvalue weighted by Crippen LogP contribution is -2.28. The molecule has 0 aliphatic carbocycles. The number of anilines is 1. The van der Waals surface area contributed by atoms with E-state index in [0.717, 1.165) is 11.3 Å². The minimum atomic E-state index is -3.84. The summed E-state index contributed by atoms with van der Waals surface area (Å²) in [5.74, 6) is -1.23. The van der Waals surface area contributed by atoms with E-state index in [0.29, 0.717) is 10.3 Å². The van der Waals surface area contributed by atoms with E-state index in [1.807, 2.05) is 0 Å². The molecule has 0 radical (unpaired) electrons. The maximum atomic E-state index is 12.4. The van der Waals surface area contributed by atoms with Crippen LogP contribution in [0.5, 0.6) is 0 Å². The maximum absolute atomic E-state index is 12.4. The number of para-hydroxylation sites is 1. The fourth-order valence-electron chi connectivity index (χ4n) is 1.84. The molecule has 1 aromatic heterocycles. The van der Waals surface area contributed by atoms with Gasteiger partial charge in [0.15, 0.2) is 6.61 Å². The molecule has 25 heavy (non-hydrogen) atoms. The molecule has 0 saturated heterocycles. The van der Waals surface area contributed by atoms with Crippen molar-refractivity contribution in [3.8, 4) is 0 Å². The summed E-state index contributed by atoms with van der Waals surface area (Å²) in [6, 6.07) is 9.09. The van der Waals surface area contributed by atoms with Gasteiger partial charge in [-0.1, -0.05) is 12.1 Å². The Morgan fingerprint density at radius 2 is 1.92 bits per heavy atom. The van der Waals surface area contributed by atoms with Gasteiger partial charge in [-0.2, -0.15) is 0 Å². The van der Waals surface area contributed by atoms with Crippen LogP contribution in [0.15, 0.2) is 44.4 Å². The summed E-state index contributed by atoms with van der Waals surface area (Å²) in [5.41, 5.74) is 0.0962. The van der Waals surface area contributed by atoms with Gasteiger partial charge in [0.2, 0.25) is 0 Å². The number of carbonyl (C=O) groups is 2. The first kappa shape index (κ1) is 19.4. The molecule has 10 heteroatoms. The highest BCUT2D eigenvalue weighted by atomic mass is 79.9. The largest absolute Gasteiger partial charge is 0.452 e. The molecule has 2 aromatic rings. The van der Waals surface area contributed by atoms with E-state index >= 15 is 0 Å². The molecule has 1 aromatic carbocycles. The third kappa shape index (κ3) is 5.28. The topological polar surface area (TPSA) is 102 Å². The molecule has 1 heterocycles. The number of ether oxygens (including phenoxy) is 1. The highest BCUT2D eigenvalue weighted by Crippen LogP contribution is 2.28. The number of benzene rings is 1. The summed E-state index contributed by atoms with van der Waals surface area (Å²) in [6.45, 7) is 1.72. The first-order chi connectivity index (χ1) is 11.8. The minimum absolute atomic E-state index is 0.0194. The molecule has 0 saturated carbocycles. The average molecular weight is 447 g/mol. The SMILES string of the molecule is CCNC(=O)COC(=O)c1ccccc1NS(=O)(=O)c1ccc(Br)s1. The quantitative estimate of drug-likeness (QED) is 0.636. The molecule has 0 unspecified atom stereocenters. The third-order valence-electron chi connectivity index (χ3n) is 2.91. The highest BCUT2D eigenvalue weighted by Gasteiger charge is 2.21. The lowest BCUT2D eigenvalue weighted by molar-refractivity contribution is -0.124. The normalized spacial score (nSPS) is 11.0. The van der Waals surface area contributed by atoms with Gasteiger partial charge in [0.05, 0.1) is 15.0 Å². The van der Waals surface area contributed by atoms with E-state index in [2.05, 4.69) is 26.0 Å². The van der Waals surface area contributed by atoms with Crippen LogP contribution in [0.2, 0.25) is 0 Å². The van der Waals surface area contributed by atoms with Gasteiger partial charge in [-0.25, -0.2) is 13.2 Å². The number of thiophene rings is 1. The Morgan fingerprint density at radius 3 is 2.56 bits per heavy atom. The number of likely N-dealkylation sites (N-methyl/N-ethyl adjacent to an activating group) is 1. The molecule has 134 valence electrons. The van der Waals surface area contributed by atoms with Crippen molar-refractivity contribution in [3.05, 3.63) is 45.7 Å². The Bertz CT molecular complexity index is 880. The molecular formula is C15H15BrN2O5S2. The molecule has 0 bridgehead atoms. The molecule has 0 spiro atoms. The molecule has 0 atom stereocenters. The molecular weight excluding hydrogens is 432 g/mol. The molecule has 7 nitrogen and oxygen atoms in total. The Morgan fingerprint density at radius 1 is 1.20 bits per heavy atom. The monoisotopic (exact) mass is 446 g/mol. The van der Waals surface area contributed by atoms with Gasteiger partial charge in [-0.3, -0.25) is 9.52 Å². The van der Waals surface area contributed by atoms with Crippen molar-refractivity contribution in [1.29, 1.82) is 0 Å². The zero-order chi connectivity index (χ0) is 18.4. The van der Waals surface area contributed by atoms with Crippen LogP contribution in [0.4, 0.5) is 5.69 Å². The van der Waals surface area contributed by atoms with Crippen molar-refractivity contribution >= 4 is 54.9 Å². The highest BCUT2D eigenvalue weighted by molar-refractivity contribution is 9.11. The van der Waals surface area contributed by atoms with Gasteiger partial charge in [-0.15, -0.1) is 11.3 Å². The Labute approximate surface area is 157 Å². The predicted octanol–water partition coefficient (Wildman–Crippen LogP) is 2.60. The summed E-state index contributed by atoms with van der Waals surface area (Å²) < 4.78 is 32.9. The molecule has 0 aliphatic heterocycles. The Balaban J connectivity index is 2.17. The maximum Gasteiger partial charge on any atom is 0.340 e. The number of carbonyl (C=O) groups excluding carboxylic acids is 2. The molecule has 0 fully saturated rings. The van der Waals surface area contributed by atoms with Crippen LogP contribution in [0.1, 0.15) is 17.3 Å². The van der Waals surface area contributed by atoms with Gasteiger partial charge in [0, 0.05) is 6.54 Å². The first-order valence-electron chi connectivity index (χ1n) is 7.14. The van der Waals surface area contributed by atoms with Crippen molar-refractivity contribution in [2.24, 2.45) is 0 Å². The number of halogens is 1. The van der Waals surface area contributed by atoms with Gasteiger partial charge in [-0.05, 0) is 47.1 Å². The van der Waals surface area contributed by atoms with Crippen molar-refractivity contribution in [1.82, 2.24) is 5.32 Å². The van der Waals surface area contributed by atoms with E-state index in [-0.39, 0.29) is 15.5 Å². The zero-order valence-corrected chi connectivity index (χ0v) is 16.3. The third-order valence-corrected chi connectivity index (χ3v) is 6.39. The number of sulfonamides is 1. The van der Waals surface area contributed by atoms with Crippen LogP contribution in [-0.2, 0) is 19.6 Å². The summed E-state index contributed by atoms with van der Waals surface area (Å²) in [4.78, 5) is 23.5. The van der Waals surface area contributed by atoms with Crippen LogP contribution >= 0.6 is 27.3 Å². The number of amides is 1. The zero-order valence-electron chi connectivity index (χ0n) is 13.1. The Kier molecular flexibility index (Phi) is 6.57. The van der Waals surface area contributed by atoms with Crippen LogP contribution in [0.3, 0.4) is 0 Å². The standard InChI is InChI=1S/C15H15BrN2O5S2/c1-2-17-13(19)9-23-15(20)10-5-3-4-6-11(10)18-25(21,22)14-8-7-12(16)24-14/h3-8,18H,2,9H2,1H3,(H,17,19). The van der Waals surface area contributed by atoms with Gasteiger partial charge in [0.1, 0.15) is 4.21 Å². The second kappa shape index (κ2) is 8.45.